The molecule has 0 saturated heterocycles. The third-order valence-corrected chi connectivity index (χ3v) is 5.67. The zero-order valence-electron chi connectivity index (χ0n) is 17.1. The van der Waals surface area contributed by atoms with Crippen molar-refractivity contribution in [2.45, 2.75) is 19.9 Å². The molecule has 2 aromatic carbocycles. The Morgan fingerprint density at radius 3 is 2.47 bits per heavy atom. The van der Waals surface area contributed by atoms with Crippen molar-refractivity contribution in [1.82, 2.24) is 5.32 Å². The lowest BCUT2D eigenvalue weighted by atomic mass is 10.2. The number of nitrogens with zero attached hydrogens (tertiary/aromatic N) is 1. The van der Waals surface area contributed by atoms with Crippen LogP contribution in [0, 0.1) is 0 Å². The minimum atomic E-state index is -3.53. The number of carbonyl (C=O) groups is 1. The molecule has 0 aliphatic heterocycles. The number of ether oxygens (including phenoxy) is 2. The largest absolute Gasteiger partial charge is 0.484 e. The summed E-state index contributed by atoms with van der Waals surface area (Å²) in [5, 5.41) is 3.25. The third kappa shape index (κ3) is 7.85. The van der Waals surface area contributed by atoms with E-state index in [1.807, 2.05) is 6.92 Å². The second-order valence-electron chi connectivity index (χ2n) is 6.54. The minimum absolute atomic E-state index is 0.114. The number of benzene rings is 2. The first-order chi connectivity index (χ1) is 14.3. The number of halogens is 1. The number of hydrogen-bond donors (Lipinski definition) is 1. The van der Waals surface area contributed by atoms with Crippen molar-refractivity contribution in [3.8, 4) is 5.75 Å². The number of sulfonamides is 1. The van der Waals surface area contributed by atoms with Crippen LogP contribution in [0.25, 0.3) is 0 Å². The average molecular weight is 455 g/mol. The fraction of sp³-hybridized carbons (Fsp3) is 0.381. The van der Waals surface area contributed by atoms with Gasteiger partial charge < -0.3 is 14.8 Å². The maximum Gasteiger partial charge on any atom is 0.257 e. The maximum absolute atomic E-state index is 12.3. The smallest absolute Gasteiger partial charge is 0.257 e. The summed E-state index contributed by atoms with van der Waals surface area (Å²) < 4.78 is 36.6. The zero-order valence-corrected chi connectivity index (χ0v) is 18.7. The molecule has 0 aromatic heterocycles. The molecule has 1 N–H and O–H groups in total. The van der Waals surface area contributed by atoms with Gasteiger partial charge in [0.15, 0.2) is 6.61 Å². The van der Waals surface area contributed by atoms with E-state index >= 15 is 0 Å². The van der Waals surface area contributed by atoms with Gasteiger partial charge in [-0.05, 0) is 49.2 Å². The van der Waals surface area contributed by atoms with Crippen LogP contribution >= 0.6 is 11.6 Å². The van der Waals surface area contributed by atoms with Gasteiger partial charge in [0, 0.05) is 24.8 Å². The number of amides is 1. The molecule has 1 amide bonds. The third-order valence-electron chi connectivity index (χ3n) is 4.16. The van der Waals surface area contributed by atoms with E-state index in [0.717, 1.165) is 12.7 Å². The zero-order chi connectivity index (χ0) is 22.0. The van der Waals surface area contributed by atoms with Crippen LogP contribution in [-0.2, 0) is 26.1 Å². The Bertz CT molecular complexity index is 919. The normalized spacial score (nSPS) is 11.2. The van der Waals surface area contributed by atoms with E-state index in [0.29, 0.717) is 41.8 Å². The van der Waals surface area contributed by atoms with E-state index < -0.39 is 10.0 Å². The molecule has 2 rings (SSSR count). The molecule has 0 radical (unpaired) electrons. The molecular weight excluding hydrogens is 428 g/mol. The van der Waals surface area contributed by atoms with Crippen molar-refractivity contribution in [1.29, 1.82) is 0 Å². The predicted octanol–water partition coefficient (Wildman–Crippen LogP) is 3.23. The van der Waals surface area contributed by atoms with Crippen LogP contribution < -0.4 is 14.4 Å². The van der Waals surface area contributed by atoms with Gasteiger partial charge in [0.2, 0.25) is 10.0 Å². The van der Waals surface area contributed by atoms with Crippen molar-refractivity contribution < 1.29 is 22.7 Å². The van der Waals surface area contributed by atoms with Gasteiger partial charge in [-0.15, -0.1) is 0 Å². The van der Waals surface area contributed by atoms with Gasteiger partial charge in [0.05, 0.1) is 18.5 Å². The first-order valence-electron chi connectivity index (χ1n) is 9.59. The van der Waals surface area contributed by atoms with Crippen LogP contribution in [0.15, 0.2) is 48.5 Å². The molecule has 164 valence electrons. The van der Waals surface area contributed by atoms with Crippen LogP contribution in [-0.4, -0.2) is 46.9 Å². The molecule has 0 saturated carbocycles. The first-order valence-corrected chi connectivity index (χ1v) is 11.8. The molecule has 0 bridgehead atoms. The van der Waals surface area contributed by atoms with Crippen molar-refractivity contribution >= 4 is 33.2 Å². The highest BCUT2D eigenvalue weighted by Gasteiger charge is 2.19. The Kier molecular flexibility index (Phi) is 9.42. The van der Waals surface area contributed by atoms with Crippen LogP contribution in [0.3, 0.4) is 0 Å². The molecular formula is C21H27ClN2O5S. The fourth-order valence-corrected chi connectivity index (χ4v) is 3.71. The van der Waals surface area contributed by atoms with E-state index in [9.17, 15) is 13.2 Å². The topological polar surface area (TPSA) is 84.9 Å². The molecule has 0 aliphatic rings. The summed E-state index contributed by atoms with van der Waals surface area (Å²) in [6, 6.07) is 13.6. The summed E-state index contributed by atoms with van der Waals surface area (Å²) in [6.07, 6.45) is 1.88. The number of nitrogens with one attached hydrogen (secondary N) is 1. The Balaban J connectivity index is 1.95. The summed E-state index contributed by atoms with van der Waals surface area (Å²) in [7, 11) is -3.53. The highest BCUT2D eigenvalue weighted by atomic mass is 35.5. The SMILES string of the molecule is CCOCCCNC(=O)COc1ccc(N(Cc2ccccc2Cl)S(C)(=O)=O)cc1. The maximum atomic E-state index is 12.3. The van der Waals surface area contributed by atoms with Gasteiger partial charge in [-0.1, -0.05) is 29.8 Å². The highest BCUT2D eigenvalue weighted by Crippen LogP contribution is 2.26. The van der Waals surface area contributed by atoms with Crippen molar-refractivity contribution in [3.63, 3.8) is 0 Å². The molecule has 0 unspecified atom stereocenters. The molecule has 9 heteroatoms. The quantitative estimate of drug-likeness (QED) is 0.498. The predicted molar refractivity (Wildman–Crippen MR) is 119 cm³/mol. The molecule has 0 spiro atoms. The summed E-state index contributed by atoms with van der Waals surface area (Å²) in [5.41, 5.74) is 1.18. The Morgan fingerprint density at radius 1 is 1.13 bits per heavy atom. The Morgan fingerprint density at radius 2 is 1.83 bits per heavy atom. The van der Waals surface area contributed by atoms with Gasteiger partial charge in [0.25, 0.3) is 5.91 Å². The Labute approximate surface area is 183 Å². The number of rotatable bonds is 12. The van der Waals surface area contributed by atoms with Gasteiger partial charge in [-0.25, -0.2) is 8.42 Å². The standard InChI is InChI=1S/C21H27ClN2O5S/c1-3-28-14-6-13-23-21(25)16-29-19-11-9-18(10-12-19)24(30(2,26)27)15-17-7-4-5-8-20(17)22/h4-5,7-12H,3,6,13-16H2,1-2H3,(H,23,25). The summed E-state index contributed by atoms with van der Waals surface area (Å²) in [5.74, 6) is 0.237. The van der Waals surface area contributed by atoms with Gasteiger partial charge in [-0.2, -0.15) is 0 Å². The second kappa shape index (κ2) is 11.8. The second-order valence-corrected chi connectivity index (χ2v) is 8.86. The lowest BCUT2D eigenvalue weighted by Crippen LogP contribution is -2.30. The average Bonchev–Trinajstić information content (AvgIpc) is 2.71. The molecule has 2 aromatic rings. The van der Waals surface area contributed by atoms with Gasteiger partial charge in [-0.3, -0.25) is 9.10 Å². The molecule has 0 heterocycles. The van der Waals surface area contributed by atoms with E-state index in [-0.39, 0.29) is 19.1 Å². The van der Waals surface area contributed by atoms with Crippen molar-refractivity contribution in [2.75, 3.05) is 36.9 Å². The molecule has 0 aliphatic carbocycles. The van der Waals surface area contributed by atoms with Gasteiger partial charge >= 0.3 is 0 Å². The lowest BCUT2D eigenvalue weighted by Gasteiger charge is -2.23. The molecule has 7 nitrogen and oxygen atoms in total. The minimum Gasteiger partial charge on any atom is -0.484 e. The van der Waals surface area contributed by atoms with Gasteiger partial charge in [0.1, 0.15) is 5.75 Å². The summed E-state index contributed by atoms with van der Waals surface area (Å²) >= 11 is 6.18. The number of carbonyl (C=O) groups excluding carboxylic acids is 1. The van der Waals surface area contributed by atoms with Crippen molar-refractivity contribution in [3.05, 3.63) is 59.1 Å². The van der Waals surface area contributed by atoms with Crippen LogP contribution in [0.1, 0.15) is 18.9 Å². The number of hydrogen-bond acceptors (Lipinski definition) is 5. The number of anilines is 1. The Hall–Kier alpha value is -2.29. The first kappa shape index (κ1) is 24.0. The fourth-order valence-electron chi connectivity index (χ4n) is 2.64. The summed E-state index contributed by atoms with van der Waals surface area (Å²) in [4.78, 5) is 11.8. The van der Waals surface area contributed by atoms with E-state index in [1.54, 1.807) is 48.5 Å². The van der Waals surface area contributed by atoms with Crippen LogP contribution in [0.2, 0.25) is 5.02 Å². The highest BCUT2D eigenvalue weighted by molar-refractivity contribution is 7.92. The molecule has 0 fully saturated rings. The molecule has 0 atom stereocenters. The summed E-state index contributed by atoms with van der Waals surface area (Å²) in [6.45, 7) is 3.69. The van der Waals surface area contributed by atoms with Crippen LogP contribution in [0.4, 0.5) is 5.69 Å². The van der Waals surface area contributed by atoms with Crippen LogP contribution in [0.5, 0.6) is 5.75 Å². The van der Waals surface area contributed by atoms with Crippen molar-refractivity contribution in [2.24, 2.45) is 0 Å². The van der Waals surface area contributed by atoms with E-state index in [1.165, 1.54) is 4.31 Å². The van der Waals surface area contributed by atoms with E-state index in [2.05, 4.69) is 5.32 Å². The monoisotopic (exact) mass is 454 g/mol. The van der Waals surface area contributed by atoms with E-state index in [4.69, 9.17) is 21.1 Å². The lowest BCUT2D eigenvalue weighted by molar-refractivity contribution is -0.123. The molecule has 30 heavy (non-hydrogen) atoms.